The lowest BCUT2D eigenvalue weighted by molar-refractivity contribution is -0.150. The average molecular weight is 631 g/mol. The van der Waals surface area contributed by atoms with Gasteiger partial charge in [0.2, 0.25) is 0 Å². The van der Waals surface area contributed by atoms with E-state index in [1.165, 1.54) is 33.2 Å². The summed E-state index contributed by atoms with van der Waals surface area (Å²) < 4.78 is 102. The number of pyridine rings is 1. The lowest BCUT2D eigenvalue weighted by Crippen LogP contribution is -2.41. The molecule has 0 aliphatic rings. The molecule has 0 aliphatic heterocycles. The fraction of sp³-hybridized carbons (Fsp3) is 0.345. The zero-order valence-corrected chi connectivity index (χ0v) is 24.0. The molecule has 44 heavy (non-hydrogen) atoms. The van der Waals surface area contributed by atoms with E-state index < -0.39 is 64.9 Å². The third kappa shape index (κ3) is 7.44. The van der Waals surface area contributed by atoms with Gasteiger partial charge in [0.25, 0.3) is 5.91 Å². The molecule has 9 nitrogen and oxygen atoms in total. The van der Waals surface area contributed by atoms with Crippen LogP contribution in [0.3, 0.4) is 0 Å². The van der Waals surface area contributed by atoms with Crippen LogP contribution in [0.2, 0.25) is 0 Å². The van der Waals surface area contributed by atoms with Crippen LogP contribution in [0.15, 0.2) is 48.7 Å². The van der Waals surface area contributed by atoms with Gasteiger partial charge in [-0.1, -0.05) is 12.1 Å². The summed E-state index contributed by atoms with van der Waals surface area (Å²) in [4.78, 5) is 29.5. The van der Waals surface area contributed by atoms with Crippen molar-refractivity contribution in [2.45, 2.75) is 44.3 Å². The highest BCUT2D eigenvalue weighted by Gasteiger charge is 2.37. The summed E-state index contributed by atoms with van der Waals surface area (Å²) in [6.45, 7) is 2.62. The molecule has 2 aromatic carbocycles. The van der Waals surface area contributed by atoms with Gasteiger partial charge in [0.05, 0.1) is 38.4 Å². The number of ether oxygens (including phenoxy) is 4. The number of amides is 1. The molecule has 1 heterocycles. The molecular weight excluding hydrogens is 602 g/mol. The number of aromatic hydroxyl groups is 1. The molecule has 0 unspecified atom stereocenters. The van der Waals surface area contributed by atoms with E-state index in [1.807, 2.05) is 0 Å². The SMILES string of the molecule is COc1cc(C(F)(F)F)ccc1C(c1ccc(C(F)(F)F)cc1OC)[C@H](C)OC(=O)[C@H](C)NC(=O)c1nccc(OC)c1O. The zero-order valence-electron chi connectivity index (χ0n) is 24.0. The Labute approximate surface area is 247 Å². The fourth-order valence-electron chi connectivity index (χ4n) is 4.41. The molecule has 1 amide bonds. The largest absolute Gasteiger partial charge is 0.503 e. The van der Waals surface area contributed by atoms with Crippen molar-refractivity contribution in [1.82, 2.24) is 10.3 Å². The Morgan fingerprint density at radius 1 is 0.795 bits per heavy atom. The standard InChI is InChI=1S/C29H28F6N2O7/c1-14(37-26(39)24-25(38)20(41-3)10-11-36-24)27(40)44-15(2)23(18-8-6-16(28(30,31)32)12-21(18)42-4)19-9-7-17(29(33,34)35)13-22(19)43-5/h6-15,23,38H,1-5H3,(H,37,39)/t14-,15-/m0/s1. The van der Waals surface area contributed by atoms with E-state index in [0.29, 0.717) is 12.1 Å². The number of hydrogen-bond acceptors (Lipinski definition) is 8. The Morgan fingerprint density at radius 3 is 1.70 bits per heavy atom. The zero-order chi connectivity index (χ0) is 33.0. The normalized spacial score (nSPS) is 13.2. The third-order valence-corrected chi connectivity index (χ3v) is 6.59. The Kier molecular flexibility index (Phi) is 10.2. The van der Waals surface area contributed by atoms with Crippen molar-refractivity contribution in [3.63, 3.8) is 0 Å². The number of benzene rings is 2. The van der Waals surface area contributed by atoms with Crippen molar-refractivity contribution in [3.8, 4) is 23.0 Å². The van der Waals surface area contributed by atoms with Gasteiger partial charge in [0.15, 0.2) is 17.2 Å². The van der Waals surface area contributed by atoms with Gasteiger partial charge in [-0.3, -0.25) is 4.79 Å². The van der Waals surface area contributed by atoms with E-state index >= 15 is 0 Å². The van der Waals surface area contributed by atoms with Crippen LogP contribution in [0.5, 0.6) is 23.0 Å². The summed E-state index contributed by atoms with van der Waals surface area (Å²) in [6.07, 6.45) is -9.53. The van der Waals surface area contributed by atoms with Crippen LogP contribution in [0.25, 0.3) is 0 Å². The molecule has 3 rings (SSSR count). The van der Waals surface area contributed by atoms with E-state index in [0.717, 1.165) is 38.5 Å². The van der Waals surface area contributed by atoms with Crippen LogP contribution < -0.4 is 19.5 Å². The molecule has 2 atom stereocenters. The smallest absolute Gasteiger partial charge is 0.416 e. The van der Waals surface area contributed by atoms with Gasteiger partial charge in [0, 0.05) is 23.4 Å². The molecule has 2 N–H and O–H groups in total. The Hall–Kier alpha value is -4.69. The fourth-order valence-corrected chi connectivity index (χ4v) is 4.41. The maximum Gasteiger partial charge on any atom is 0.416 e. The van der Waals surface area contributed by atoms with Crippen LogP contribution in [0, 0.1) is 0 Å². The monoisotopic (exact) mass is 630 g/mol. The van der Waals surface area contributed by atoms with E-state index in [-0.39, 0.29) is 28.4 Å². The van der Waals surface area contributed by atoms with Crippen molar-refractivity contribution in [1.29, 1.82) is 0 Å². The highest BCUT2D eigenvalue weighted by atomic mass is 19.4. The summed E-state index contributed by atoms with van der Waals surface area (Å²) in [5, 5.41) is 12.5. The number of nitrogens with zero attached hydrogens (tertiary/aromatic N) is 1. The molecule has 0 spiro atoms. The molecule has 1 aromatic heterocycles. The van der Waals surface area contributed by atoms with Crippen LogP contribution in [0.1, 0.15) is 52.5 Å². The first kappa shape index (κ1) is 33.8. The number of nitrogens with one attached hydrogen (secondary N) is 1. The van der Waals surface area contributed by atoms with E-state index in [4.69, 9.17) is 18.9 Å². The van der Waals surface area contributed by atoms with Crippen LogP contribution in [-0.4, -0.2) is 55.4 Å². The second kappa shape index (κ2) is 13.3. The second-order valence-corrected chi connectivity index (χ2v) is 9.43. The van der Waals surface area contributed by atoms with Gasteiger partial charge in [-0.2, -0.15) is 26.3 Å². The number of alkyl halides is 6. The third-order valence-electron chi connectivity index (χ3n) is 6.59. The number of halogens is 6. The minimum absolute atomic E-state index is 0.0426. The number of rotatable bonds is 10. The molecule has 0 aliphatic carbocycles. The molecule has 0 saturated heterocycles. The Morgan fingerprint density at radius 2 is 1.27 bits per heavy atom. The number of esters is 1. The summed E-state index contributed by atoms with van der Waals surface area (Å²) >= 11 is 0. The molecule has 0 fully saturated rings. The summed E-state index contributed by atoms with van der Waals surface area (Å²) in [6, 6.07) is 5.03. The minimum atomic E-state index is -4.73. The van der Waals surface area contributed by atoms with Crippen LogP contribution >= 0.6 is 0 Å². The first-order chi connectivity index (χ1) is 20.5. The van der Waals surface area contributed by atoms with Gasteiger partial charge >= 0.3 is 18.3 Å². The van der Waals surface area contributed by atoms with Gasteiger partial charge < -0.3 is 29.4 Å². The van der Waals surface area contributed by atoms with Gasteiger partial charge in [0.1, 0.15) is 23.6 Å². The molecule has 0 bridgehead atoms. The number of carbonyl (C=O) groups excluding carboxylic acids is 2. The molecule has 3 aromatic rings. The van der Waals surface area contributed by atoms with Crippen LogP contribution in [0.4, 0.5) is 26.3 Å². The average Bonchev–Trinajstić information content (AvgIpc) is 2.96. The number of hydrogen-bond donors (Lipinski definition) is 2. The maximum absolute atomic E-state index is 13.4. The van der Waals surface area contributed by atoms with Gasteiger partial charge in [-0.25, -0.2) is 9.78 Å². The predicted molar refractivity (Wildman–Crippen MR) is 143 cm³/mol. The van der Waals surface area contributed by atoms with E-state index in [1.54, 1.807) is 0 Å². The Balaban J connectivity index is 2.01. The first-order valence-electron chi connectivity index (χ1n) is 12.8. The lowest BCUT2D eigenvalue weighted by atomic mass is 9.84. The van der Waals surface area contributed by atoms with Gasteiger partial charge in [-0.05, 0) is 38.1 Å². The van der Waals surface area contributed by atoms with Crippen molar-refractivity contribution in [3.05, 3.63) is 76.6 Å². The number of methoxy groups -OCH3 is 3. The maximum atomic E-state index is 13.4. The molecule has 238 valence electrons. The van der Waals surface area contributed by atoms with Crippen molar-refractivity contribution in [2.75, 3.05) is 21.3 Å². The topological polar surface area (TPSA) is 116 Å². The van der Waals surface area contributed by atoms with E-state index in [9.17, 15) is 41.0 Å². The highest BCUT2D eigenvalue weighted by Crippen LogP contribution is 2.44. The number of carbonyl (C=O) groups is 2. The van der Waals surface area contributed by atoms with Crippen molar-refractivity contribution < 1.29 is 60.0 Å². The van der Waals surface area contributed by atoms with Crippen LogP contribution in [-0.2, 0) is 21.9 Å². The van der Waals surface area contributed by atoms with E-state index in [2.05, 4.69) is 10.3 Å². The molecule has 0 saturated carbocycles. The number of aromatic nitrogens is 1. The highest BCUT2D eigenvalue weighted by molar-refractivity contribution is 5.97. The molecule has 15 heteroatoms. The predicted octanol–water partition coefficient (Wildman–Crippen LogP) is 5.73. The van der Waals surface area contributed by atoms with Crippen molar-refractivity contribution in [2.24, 2.45) is 0 Å². The summed E-state index contributed by atoms with van der Waals surface area (Å²) in [5.74, 6) is -4.37. The minimum Gasteiger partial charge on any atom is -0.503 e. The quantitative estimate of drug-likeness (QED) is 0.216. The lowest BCUT2D eigenvalue weighted by Gasteiger charge is -2.29. The molecule has 0 radical (unpaired) electrons. The summed E-state index contributed by atoms with van der Waals surface area (Å²) in [5.41, 5.74) is -2.46. The first-order valence-corrected chi connectivity index (χ1v) is 12.8. The summed E-state index contributed by atoms with van der Waals surface area (Å²) in [7, 11) is 3.47. The second-order valence-electron chi connectivity index (χ2n) is 9.43. The van der Waals surface area contributed by atoms with Gasteiger partial charge in [-0.15, -0.1) is 0 Å². The Bertz CT molecular complexity index is 1450. The molecular formula is C29H28F6N2O7. The van der Waals surface area contributed by atoms with Crippen molar-refractivity contribution >= 4 is 11.9 Å².